The van der Waals surface area contributed by atoms with Gasteiger partial charge in [0.25, 0.3) is 0 Å². The first-order chi connectivity index (χ1) is 9.18. The van der Waals surface area contributed by atoms with Crippen LogP contribution in [0.5, 0.6) is 0 Å². The van der Waals surface area contributed by atoms with E-state index in [4.69, 9.17) is 5.11 Å². The van der Waals surface area contributed by atoms with Gasteiger partial charge in [-0.2, -0.15) is 0 Å². The molecular weight excluding hydrogens is 262 g/mol. The smallest absolute Gasteiger partial charge is 0.320 e. The number of carboxylic acids is 1. The van der Waals surface area contributed by atoms with Gasteiger partial charge in [-0.1, -0.05) is 0 Å². The molecule has 0 aromatic rings. The number of rotatable bonds is 7. The molecule has 2 N–H and O–H groups in total. The lowest BCUT2D eigenvalue weighted by Crippen LogP contribution is -2.49. The summed E-state index contributed by atoms with van der Waals surface area (Å²) in [6.45, 7) is 7.48. The Morgan fingerprint density at radius 3 is 2.15 bits per heavy atom. The average Bonchev–Trinajstić information content (AvgIpc) is 2.27. The molecule has 0 saturated carbocycles. The van der Waals surface area contributed by atoms with E-state index in [1.807, 2.05) is 13.8 Å². The molecule has 0 aromatic carbocycles. The van der Waals surface area contributed by atoms with Gasteiger partial charge >= 0.3 is 12.0 Å². The van der Waals surface area contributed by atoms with E-state index in [1.54, 1.807) is 13.8 Å². The van der Waals surface area contributed by atoms with Crippen molar-refractivity contribution in [3.05, 3.63) is 0 Å². The molecule has 0 aromatic heterocycles. The Bertz CT molecular complexity index is 358. The lowest BCUT2D eigenvalue weighted by Gasteiger charge is -2.31. The molecule has 0 saturated heterocycles. The molecule has 0 heterocycles. The van der Waals surface area contributed by atoms with Crippen LogP contribution in [0.3, 0.4) is 0 Å². The zero-order valence-corrected chi connectivity index (χ0v) is 12.8. The molecule has 116 valence electrons. The third-order valence-corrected chi connectivity index (χ3v) is 2.75. The number of nitrogens with one attached hydrogen (secondary N) is 1. The van der Waals surface area contributed by atoms with Crippen LogP contribution in [0, 0.1) is 0 Å². The second-order valence-corrected chi connectivity index (χ2v) is 5.09. The lowest BCUT2D eigenvalue weighted by molar-refractivity contribution is -0.138. The van der Waals surface area contributed by atoms with Crippen molar-refractivity contribution >= 4 is 17.9 Å². The first kappa shape index (κ1) is 18.2. The van der Waals surface area contributed by atoms with Gasteiger partial charge in [0.05, 0.1) is 6.42 Å². The zero-order valence-electron chi connectivity index (χ0n) is 12.8. The van der Waals surface area contributed by atoms with Gasteiger partial charge in [-0.3, -0.25) is 9.59 Å². The van der Waals surface area contributed by atoms with Crippen LogP contribution in [0.2, 0.25) is 0 Å². The number of aliphatic carboxylic acids is 1. The molecule has 1 unspecified atom stereocenters. The molecule has 7 heteroatoms. The minimum Gasteiger partial charge on any atom is -0.481 e. The number of nitrogens with zero attached hydrogens (tertiary/aromatic N) is 2. The van der Waals surface area contributed by atoms with Crippen LogP contribution in [0.1, 0.15) is 34.1 Å². The van der Waals surface area contributed by atoms with Gasteiger partial charge in [0.1, 0.15) is 6.54 Å². The van der Waals surface area contributed by atoms with E-state index in [2.05, 4.69) is 5.32 Å². The van der Waals surface area contributed by atoms with Crippen LogP contribution in [0.15, 0.2) is 0 Å². The van der Waals surface area contributed by atoms with Gasteiger partial charge in [-0.05, 0) is 27.7 Å². The van der Waals surface area contributed by atoms with Gasteiger partial charge in [-0.15, -0.1) is 0 Å². The fraction of sp³-hybridized carbons (Fsp3) is 0.769. The van der Waals surface area contributed by atoms with Crippen molar-refractivity contribution in [2.45, 2.75) is 46.2 Å². The van der Waals surface area contributed by atoms with E-state index in [1.165, 1.54) is 16.8 Å². The SMILES string of the molecule is CCN(C(=O)N(C)CC(=O)NC(C)C)C(C)CC(=O)O. The molecule has 1 atom stereocenters. The number of likely N-dealkylation sites (N-methyl/N-ethyl adjacent to an activating group) is 1. The van der Waals surface area contributed by atoms with E-state index < -0.39 is 12.0 Å². The van der Waals surface area contributed by atoms with Crippen molar-refractivity contribution in [3.8, 4) is 0 Å². The second-order valence-electron chi connectivity index (χ2n) is 5.09. The van der Waals surface area contributed by atoms with Crippen molar-refractivity contribution in [3.63, 3.8) is 0 Å². The first-order valence-electron chi connectivity index (χ1n) is 6.71. The number of urea groups is 1. The highest BCUT2D eigenvalue weighted by Crippen LogP contribution is 2.07. The van der Waals surface area contributed by atoms with Crippen molar-refractivity contribution < 1.29 is 19.5 Å². The topological polar surface area (TPSA) is 90.0 Å². The zero-order chi connectivity index (χ0) is 15.9. The van der Waals surface area contributed by atoms with Crippen LogP contribution in [-0.4, -0.2) is 65.0 Å². The van der Waals surface area contributed by atoms with Crippen LogP contribution in [-0.2, 0) is 9.59 Å². The normalized spacial score (nSPS) is 11.9. The van der Waals surface area contributed by atoms with Crippen molar-refractivity contribution in [1.82, 2.24) is 15.1 Å². The molecule has 3 amide bonds. The van der Waals surface area contributed by atoms with Gasteiger partial charge in [0.15, 0.2) is 0 Å². The molecule has 7 nitrogen and oxygen atoms in total. The first-order valence-corrected chi connectivity index (χ1v) is 6.71. The Labute approximate surface area is 119 Å². The van der Waals surface area contributed by atoms with E-state index in [9.17, 15) is 14.4 Å². The summed E-state index contributed by atoms with van der Waals surface area (Å²) in [7, 11) is 1.53. The van der Waals surface area contributed by atoms with E-state index in [-0.39, 0.29) is 30.9 Å². The minimum atomic E-state index is -0.955. The summed E-state index contributed by atoms with van der Waals surface area (Å²) in [4.78, 5) is 37.2. The summed E-state index contributed by atoms with van der Waals surface area (Å²) in [5, 5.41) is 11.5. The van der Waals surface area contributed by atoms with Crippen LogP contribution < -0.4 is 5.32 Å². The summed E-state index contributed by atoms with van der Waals surface area (Å²) in [5.41, 5.74) is 0. The Morgan fingerprint density at radius 2 is 1.75 bits per heavy atom. The highest BCUT2D eigenvalue weighted by Gasteiger charge is 2.24. The maximum Gasteiger partial charge on any atom is 0.320 e. The molecule has 0 aliphatic carbocycles. The van der Waals surface area contributed by atoms with Crippen LogP contribution in [0.25, 0.3) is 0 Å². The summed E-state index contributed by atoms with van der Waals surface area (Å²) < 4.78 is 0. The maximum absolute atomic E-state index is 12.2. The van der Waals surface area contributed by atoms with Crippen LogP contribution >= 0.6 is 0 Å². The predicted molar refractivity (Wildman–Crippen MR) is 75.4 cm³/mol. The fourth-order valence-electron chi connectivity index (χ4n) is 1.87. The van der Waals surface area contributed by atoms with Crippen LogP contribution in [0.4, 0.5) is 4.79 Å². The maximum atomic E-state index is 12.2. The number of carbonyl (C=O) groups is 3. The minimum absolute atomic E-state index is 0.0132. The van der Waals surface area contributed by atoms with E-state index >= 15 is 0 Å². The molecule has 0 aliphatic rings. The molecule has 0 spiro atoms. The molecular formula is C13H25N3O4. The number of carbonyl (C=O) groups excluding carboxylic acids is 2. The van der Waals surface area contributed by atoms with Crippen molar-refractivity contribution in [2.24, 2.45) is 0 Å². The summed E-state index contributed by atoms with van der Waals surface area (Å²) in [5.74, 6) is -1.19. The van der Waals surface area contributed by atoms with Gasteiger partial charge in [0.2, 0.25) is 5.91 Å². The van der Waals surface area contributed by atoms with Crippen molar-refractivity contribution in [1.29, 1.82) is 0 Å². The average molecular weight is 287 g/mol. The second kappa shape index (κ2) is 8.39. The largest absolute Gasteiger partial charge is 0.481 e. The van der Waals surface area contributed by atoms with Gasteiger partial charge in [-0.25, -0.2) is 4.79 Å². The fourth-order valence-corrected chi connectivity index (χ4v) is 1.87. The predicted octanol–water partition coefficient (Wildman–Crippen LogP) is 0.748. The highest BCUT2D eigenvalue weighted by atomic mass is 16.4. The number of carboxylic acid groups (broad SMARTS) is 1. The number of hydrogen-bond acceptors (Lipinski definition) is 3. The monoisotopic (exact) mass is 287 g/mol. The van der Waals surface area contributed by atoms with E-state index in [0.717, 1.165) is 0 Å². The van der Waals surface area contributed by atoms with Crippen molar-refractivity contribution in [2.75, 3.05) is 20.1 Å². The Hall–Kier alpha value is -1.79. The quantitative estimate of drug-likeness (QED) is 0.723. The Balaban J connectivity index is 4.59. The molecule has 0 bridgehead atoms. The summed E-state index contributed by atoms with van der Waals surface area (Å²) in [6.07, 6.45) is -0.119. The van der Waals surface area contributed by atoms with Gasteiger partial charge < -0.3 is 20.2 Å². The molecule has 0 fully saturated rings. The highest BCUT2D eigenvalue weighted by molar-refractivity contribution is 5.84. The van der Waals surface area contributed by atoms with Gasteiger partial charge in [0, 0.05) is 25.7 Å². The summed E-state index contributed by atoms with van der Waals surface area (Å²) >= 11 is 0. The standard InChI is InChI=1S/C13H25N3O4/c1-6-16(10(4)7-12(18)19)13(20)15(5)8-11(17)14-9(2)3/h9-10H,6-8H2,1-5H3,(H,14,17)(H,18,19). The Kier molecular flexibility index (Phi) is 7.64. The third kappa shape index (κ3) is 6.40. The third-order valence-electron chi connectivity index (χ3n) is 2.75. The Morgan fingerprint density at radius 1 is 1.20 bits per heavy atom. The lowest BCUT2D eigenvalue weighted by atomic mass is 10.2. The molecule has 0 aliphatic heterocycles. The molecule has 0 rings (SSSR count). The number of hydrogen-bond donors (Lipinski definition) is 2. The summed E-state index contributed by atoms with van der Waals surface area (Å²) in [6, 6.07) is -0.750. The van der Waals surface area contributed by atoms with E-state index in [0.29, 0.717) is 6.54 Å². The molecule has 0 radical (unpaired) electrons. The number of amides is 3. The molecule has 20 heavy (non-hydrogen) atoms.